The summed E-state index contributed by atoms with van der Waals surface area (Å²) in [6.07, 6.45) is 8.14. The van der Waals surface area contributed by atoms with Gasteiger partial charge in [0, 0.05) is 0 Å². The van der Waals surface area contributed by atoms with Crippen LogP contribution in [0.5, 0.6) is 0 Å². The average Bonchev–Trinajstić information content (AvgIpc) is 3.10. The van der Waals surface area contributed by atoms with Crippen molar-refractivity contribution in [3.8, 4) is 0 Å². The molecular weight excluding hydrogens is 427 g/mol. The van der Waals surface area contributed by atoms with Crippen molar-refractivity contribution in [1.82, 2.24) is 20.4 Å². The van der Waals surface area contributed by atoms with Gasteiger partial charge in [-0.15, -0.1) is 0 Å². The van der Waals surface area contributed by atoms with E-state index in [4.69, 9.17) is 5.10 Å². The molecular formula is C21H44N4Sn. The molecule has 0 radical (unpaired) electrons. The number of likely N-dealkylation sites (N-methyl/N-ethyl adjacent to an activating group) is 2. The van der Waals surface area contributed by atoms with E-state index >= 15 is 0 Å². The van der Waals surface area contributed by atoms with E-state index in [0.29, 0.717) is 6.04 Å². The van der Waals surface area contributed by atoms with Crippen molar-refractivity contribution >= 4 is 22.1 Å². The summed E-state index contributed by atoms with van der Waals surface area (Å²) in [6.45, 7) is 11.3. The zero-order valence-electron chi connectivity index (χ0n) is 18.3. The first-order chi connectivity index (χ1) is 12.5. The summed E-state index contributed by atoms with van der Waals surface area (Å²) in [5.74, 6) is 0. The Labute approximate surface area is 166 Å². The van der Waals surface area contributed by atoms with Crippen LogP contribution < -0.4 is 9.03 Å². The summed E-state index contributed by atoms with van der Waals surface area (Å²) < 4.78 is 5.99. The Bertz CT molecular complexity index is 453. The predicted molar refractivity (Wildman–Crippen MR) is 118 cm³/mol. The molecule has 0 spiro atoms. The summed E-state index contributed by atoms with van der Waals surface area (Å²) in [7, 11) is 4.24. The van der Waals surface area contributed by atoms with Gasteiger partial charge >= 0.3 is 167 Å². The molecule has 5 heteroatoms. The van der Waals surface area contributed by atoms with Crippen LogP contribution in [0.2, 0.25) is 13.3 Å². The standard InChI is InChI=1S/C9H17N4.3C4H9.Sn/c1-8(10-2)6-13(3)7-9-4-5-11-12-9;3*1-3-4-2;/h4,8,10H,6-7H2,1-3H3,(H,11,12);3*1,3-4H2,2H3;. The molecule has 2 N–H and O–H groups in total. The molecule has 26 heavy (non-hydrogen) atoms. The number of hydrogen-bond acceptors (Lipinski definition) is 3. The SMILES string of the molecule is CCC[CH2][Sn]([CH2]CCC)([CH2]CCC)[c]1cc(CN(C)CC(C)NC)[nH]n1. The van der Waals surface area contributed by atoms with Crippen LogP contribution in [0.4, 0.5) is 0 Å². The molecule has 0 fully saturated rings. The molecule has 0 aromatic carbocycles. The van der Waals surface area contributed by atoms with Gasteiger partial charge in [-0.3, -0.25) is 0 Å². The van der Waals surface area contributed by atoms with Gasteiger partial charge < -0.3 is 0 Å². The van der Waals surface area contributed by atoms with Crippen LogP contribution in [0.15, 0.2) is 6.07 Å². The Morgan fingerprint density at radius 3 is 2.08 bits per heavy atom. The molecule has 0 amide bonds. The van der Waals surface area contributed by atoms with Crippen molar-refractivity contribution < 1.29 is 0 Å². The van der Waals surface area contributed by atoms with E-state index in [1.807, 2.05) is 7.05 Å². The third kappa shape index (κ3) is 7.89. The fraction of sp³-hybridized carbons (Fsp3) is 0.857. The van der Waals surface area contributed by atoms with Crippen LogP contribution in [-0.2, 0) is 6.54 Å². The molecule has 1 atom stereocenters. The first-order valence-corrected chi connectivity index (χ1v) is 18.4. The summed E-state index contributed by atoms with van der Waals surface area (Å²) in [5.41, 5.74) is 1.30. The van der Waals surface area contributed by atoms with Gasteiger partial charge in [0.2, 0.25) is 0 Å². The minimum atomic E-state index is -2.37. The number of aromatic amines is 1. The summed E-state index contributed by atoms with van der Waals surface area (Å²) in [5, 5.41) is 11.7. The van der Waals surface area contributed by atoms with E-state index in [2.05, 4.69) is 56.1 Å². The number of nitrogens with one attached hydrogen (secondary N) is 2. The molecule has 0 saturated carbocycles. The molecule has 4 nitrogen and oxygen atoms in total. The van der Waals surface area contributed by atoms with Crippen molar-refractivity contribution in [2.75, 3.05) is 20.6 Å². The normalized spacial score (nSPS) is 13.5. The topological polar surface area (TPSA) is 44.0 Å². The quantitative estimate of drug-likeness (QED) is 0.370. The van der Waals surface area contributed by atoms with Gasteiger partial charge in [-0.1, -0.05) is 0 Å². The summed E-state index contributed by atoms with van der Waals surface area (Å²) >= 11 is -2.37. The molecule has 1 rings (SSSR count). The molecule has 1 unspecified atom stereocenters. The van der Waals surface area contributed by atoms with E-state index in [9.17, 15) is 0 Å². The molecule has 0 aliphatic carbocycles. The molecule has 1 heterocycles. The molecule has 0 bridgehead atoms. The number of rotatable bonds is 15. The second-order valence-electron chi connectivity index (χ2n) is 8.26. The van der Waals surface area contributed by atoms with Crippen LogP contribution >= 0.6 is 0 Å². The zero-order valence-corrected chi connectivity index (χ0v) is 21.2. The van der Waals surface area contributed by atoms with Gasteiger partial charge in [0.1, 0.15) is 0 Å². The second kappa shape index (κ2) is 13.2. The van der Waals surface area contributed by atoms with Gasteiger partial charge in [0.05, 0.1) is 0 Å². The first-order valence-electron chi connectivity index (χ1n) is 10.9. The molecule has 1 aromatic heterocycles. The van der Waals surface area contributed by atoms with Gasteiger partial charge in [-0.25, -0.2) is 0 Å². The Morgan fingerprint density at radius 2 is 1.62 bits per heavy atom. The predicted octanol–water partition coefficient (Wildman–Crippen LogP) is 4.51. The molecule has 152 valence electrons. The fourth-order valence-corrected chi connectivity index (χ4v) is 19.3. The van der Waals surface area contributed by atoms with Gasteiger partial charge in [-0.2, -0.15) is 0 Å². The van der Waals surface area contributed by atoms with E-state index in [-0.39, 0.29) is 0 Å². The van der Waals surface area contributed by atoms with Crippen molar-refractivity contribution in [2.24, 2.45) is 0 Å². The van der Waals surface area contributed by atoms with Gasteiger partial charge in [0.15, 0.2) is 0 Å². The Balaban J connectivity index is 2.92. The monoisotopic (exact) mass is 472 g/mol. The van der Waals surface area contributed by atoms with Crippen LogP contribution in [0, 0.1) is 0 Å². The zero-order chi connectivity index (χ0) is 19.4. The van der Waals surface area contributed by atoms with Crippen molar-refractivity contribution in [3.05, 3.63) is 11.8 Å². The number of unbranched alkanes of at least 4 members (excludes halogenated alkanes) is 3. The van der Waals surface area contributed by atoms with Crippen LogP contribution in [0.1, 0.15) is 71.9 Å². The number of nitrogens with zero attached hydrogens (tertiary/aromatic N) is 2. The Morgan fingerprint density at radius 1 is 1.08 bits per heavy atom. The van der Waals surface area contributed by atoms with Gasteiger partial charge in [-0.05, 0) is 0 Å². The van der Waals surface area contributed by atoms with Crippen LogP contribution in [0.25, 0.3) is 0 Å². The number of hydrogen-bond donors (Lipinski definition) is 2. The van der Waals surface area contributed by atoms with Gasteiger partial charge in [0.25, 0.3) is 0 Å². The maximum atomic E-state index is 4.93. The Hall–Kier alpha value is -0.0713. The van der Waals surface area contributed by atoms with E-state index in [1.165, 1.54) is 61.2 Å². The van der Waals surface area contributed by atoms with Crippen LogP contribution in [-0.4, -0.2) is 60.2 Å². The average molecular weight is 471 g/mol. The summed E-state index contributed by atoms with van der Waals surface area (Å²) in [4.78, 5) is 2.39. The first kappa shape index (κ1) is 24.0. The molecule has 0 aliphatic heterocycles. The molecule has 0 aliphatic rings. The molecule has 1 aromatic rings. The van der Waals surface area contributed by atoms with E-state index in [1.54, 1.807) is 0 Å². The summed E-state index contributed by atoms with van der Waals surface area (Å²) in [6, 6.07) is 2.97. The van der Waals surface area contributed by atoms with E-state index in [0.717, 1.165) is 13.1 Å². The van der Waals surface area contributed by atoms with Crippen molar-refractivity contribution in [2.45, 2.75) is 92.1 Å². The Kier molecular flexibility index (Phi) is 12.1. The van der Waals surface area contributed by atoms with Crippen molar-refractivity contribution in [1.29, 1.82) is 0 Å². The maximum absolute atomic E-state index is 4.93. The number of aromatic nitrogens is 2. The third-order valence-corrected chi connectivity index (χ3v) is 20.8. The minimum absolute atomic E-state index is 0.513. The van der Waals surface area contributed by atoms with Crippen LogP contribution in [0.3, 0.4) is 0 Å². The second-order valence-corrected chi connectivity index (χ2v) is 21.3. The fourth-order valence-electron chi connectivity index (χ4n) is 3.93. The number of H-pyrrole nitrogens is 1. The van der Waals surface area contributed by atoms with Crippen molar-refractivity contribution in [3.63, 3.8) is 0 Å². The third-order valence-electron chi connectivity index (χ3n) is 5.72. The van der Waals surface area contributed by atoms with E-state index < -0.39 is 18.4 Å². The molecule has 0 saturated heterocycles.